The van der Waals surface area contributed by atoms with E-state index in [4.69, 9.17) is 18.9 Å². The van der Waals surface area contributed by atoms with Gasteiger partial charge in [0.1, 0.15) is 17.2 Å². The summed E-state index contributed by atoms with van der Waals surface area (Å²) < 4.78 is 20.7. The van der Waals surface area contributed by atoms with Crippen LogP contribution in [-0.4, -0.2) is 39.3 Å². The number of ether oxygens (including phenoxy) is 4. The van der Waals surface area contributed by atoms with Gasteiger partial charge in [0.2, 0.25) is 0 Å². The quantitative estimate of drug-likeness (QED) is 0.730. The standard InChI is InChI=1S/C19H21NO6/c1-4-25-19(22)13-6-5-7-15(10-13)26-12-18(21)20-16-11-14(23-2)8-9-17(16)24-3/h5-11H,4,12H2,1-3H3,(H,20,21). The number of nitrogens with one attached hydrogen (secondary N) is 1. The minimum atomic E-state index is -0.441. The van der Waals surface area contributed by atoms with Gasteiger partial charge in [-0.2, -0.15) is 0 Å². The number of hydrogen-bond donors (Lipinski definition) is 1. The molecule has 0 aliphatic heterocycles. The van der Waals surface area contributed by atoms with Crippen molar-refractivity contribution in [3.63, 3.8) is 0 Å². The van der Waals surface area contributed by atoms with Crippen molar-refractivity contribution in [1.82, 2.24) is 0 Å². The smallest absolute Gasteiger partial charge is 0.338 e. The molecule has 0 atom stereocenters. The van der Waals surface area contributed by atoms with Crippen LogP contribution in [0.3, 0.4) is 0 Å². The largest absolute Gasteiger partial charge is 0.497 e. The van der Waals surface area contributed by atoms with Crippen LogP contribution in [0.5, 0.6) is 17.2 Å². The van der Waals surface area contributed by atoms with Gasteiger partial charge in [0.15, 0.2) is 6.61 Å². The molecule has 2 aromatic rings. The maximum atomic E-state index is 12.2. The number of amides is 1. The highest BCUT2D eigenvalue weighted by Gasteiger charge is 2.11. The molecule has 0 saturated carbocycles. The highest BCUT2D eigenvalue weighted by atomic mass is 16.5. The first-order valence-corrected chi connectivity index (χ1v) is 7.99. The Balaban J connectivity index is 1.99. The molecule has 0 fully saturated rings. The number of benzene rings is 2. The van der Waals surface area contributed by atoms with Gasteiger partial charge in [-0.05, 0) is 37.3 Å². The van der Waals surface area contributed by atoms with Crippen LogP contribution in [-0.2, 0) is 9.53 Å². The lowest BCUT2D eigenvalue weighted by atomic mass is 10.2. The summed E-state index contributed by atoms with van der Waals surface area (Å²) in [6.45, 7) is 1.79. The highest BCUT2D eigenvalue weighted by Crippen LogP contribution is 2.28. The molecule has 2 rings (SSSR count). The van der Waals surface area contributed by atoms with Crippen molar-refractivity contribution in [3.05, 3.63) is 48.0 Å². The molecule has 138 valence electrons. The van der Waals surface area contributed by atoms with Crippen LogP contribution in [0.2, 0.25) is 0 Å². The molecule has 1 N–H and O–H groups in total. The molecule has 0 aliphatic carbocycles. The van der Waals surface area contributed by atoms with Crippen molar-refractivity contribution in [2.75, 3.05) is 32.8 Å². The third-order valence-electron chi connectivity index (χ3n) is 3.40. The van der Waals surface area contributed by atoms with Gasteiger partial charge < -0.3 is 24.3 Å². The van der Waals surface area contributed by atoms with Gasteiger partial charge in [-0.25, -0.2) is 4.79 Å². The molecule has 0 bridgehead atoms. The van der Waals surface area contributed by atoms with Crippen LogP contribution < -0.4 is 19.5 Å². The first-order chi connectivity index (χ1) is 12.6. The number of anilines is 1. The molecule has 1 amide bonds. The molecular formula is C19H21NO6. The van der Waals surface area contributed by atoms with Crippen molar-refractivity contribution in [2.45, 2.75) is 6.92 Å². The van der Waals surface area contributed by atoms with E-state index in [1.807, 2.05) is 0 Å². The summed E-state index contributed by atoms with van der Waals surface area (Å²) in [5.41, 5.74) is 0.833. The highest BCUT2D eigenvalue weighted by molar-refractivity contribution is 5.93. The Morgan fingerprint density at radius 2 is 1.81 bits per heavy atom. The van der Waals surface area contributed by atoms with Gasteiger partial charge in [0, 0.05) is 6.07 Å². The van der Waals surface area contributed by atoms with Crippen molar-refractivity contribution in [2.24, 2.45) is 0 Å². The first-order valence-electron chi connectivity index (χ1n) is 7.99. The van der Waals surface area contributed by atoms with Gasteiger partial charge in [-0.3, -0.25) is 4.79 Å². The Bertz CT molecular complexity index is 774. The van der Waals surface area contributed by atoms with Crippen LogP contribution in [0.25, 0.3) is 0 Å². The number of esters is 1. The van der Waals surface area contributed by atoms with Gasteiger partial charge in [0.05, 0.1) is 32.1 Å². The lowest BCUT2D eigenvalue weighted by Gasteiger charge is -2.12. The Labute approximate surface area is 151 Å². The van der Waals surface area contributed by atoms with Crippen LogP contribution in [0.15, 0.2) is 42.5 Å². The third-order valence-corrected chi connectivity index (χ3v) is 3.40. The second-order valence-corrected chi connectivity index (χ2v) is 5.15. The topological polar surface area (TPSA) is 83.1 Å². The van der Waals surface area contributed by atoms with Gasteiger partial charge >= 0.3 is 5.97 Å². The third kappa shape index (κ3) is 5.14. The van der Waals surface area contributed by atoms with Crippen molar-refractivity contribution >= 4 is 17.6 Å². The Kier molecular flexibility index (Phi) is 6.84. The fourth-order valence-electron chi connectivity index (χ4n) is 2.17. The normalized spacial score (nSPS) is 9.96. The van der Waals surface area contributed by atoms with Gasteiger partial charge in [-0.15, -0.1) is 0 Å². The molecule has 0 saturated heterocycles. The van der Waals surface area contributed by atoms with Crippen LogP contribution in [0, 0.1) is 0 Å². The fourth-order valence-corrected chi connectivity index (χ4v) is 2.17. The monoisotopic (exact) mass is 359 g/mol. The van der Waals surface area contributed by atoms with Crippen LogP contribution >= 0.6 is 0 Å². The molecule has 0 spiro atoms. The molecule has 26 heavy (non-hydrogen) atoms. The van der Waals surface area contributed by atoms with E-state index in [9.17, 15) is 9.59 Å². The summed E-state index contributed by atoms with van der Waals surface area (Å²) in [6, 6.07) is 11.5. The van der Waals surface area contributed by atoms with E-state index in [1.54, 1.807) is 43.3 Å². The van der Waals surface area contributed by atoms with E-state index < -0.39 is 5.97 Å². The molecule has 0 unspecified atom stereocenters. The molecule has 0 aliphatic rings. The average Bonchev–Trinajstić information content (AvgIpc) is 2.66. The van der Waals surface area contributed by atoms with E-state index >= 15 is 0 Å². The number of hydrogen-bond acceptors (Lipinski definition) is 6. The maximum absolute atomic E-state index is 12.2. The Hall–Kier alpha value is -3.22. The second kappa shape index (κ2) is 9.31. The van der Waals surface area contributed by atoms with Gasteiger partial charge in [0.25, 0.3) is 5.91 Å². The first kappa shape index (κ1) is 19.1. The zero-order valence-electron chi connectivity index (χ0n) is 14.9. The Morgan fingerprint density at radius 1 is 1.00 bits per heavy atom. The second-order valence-electron chi connectivity index (χ2n) is 5.15. The molecule has 0 radical (unpaired) electrons. The van der Waals surface area contributed by atoms with E-state index in [1.165, 1.54) is 20.3 Å². The molecule has 7 nitrogen and oxygen atoms in total. The zero-order chi connectivity index (χ0) is 18.9. The summed E-state index contributed by atoms with van der Waals surface area (Å²) in [6.07, 6.45) is 0. The summed E-state index contributed by atoms with van der Waals surface area (Å²) in [5, 5.41) is 2.70. The lowest BCUT2D eigenvalue weighted by Crippen LogP contribution is -2.20. The number of rotatable bonds is 8. The van der Waals surface area contributed by atoms with E-state index in [2.05, 4.69) is 5.32 Å². The molecule has 2 aromatic carbocycles. The van der Waals surface area contributed by atoms with Crippen molar-refractivity contribution in [1.29, 1.82) is 0 Å². The van der Waals surface area contributed by atoms with Crippen LogP contribution in [0.4, 0.5) is 5.69 Å². The van der Waals surface area contributed by atoms with E-state index in [0.29, 0.717) is 28.5 Å². The molecule has 0 heterocycles. The predicted molar refractivity (Wildman–Crippen MR) is 96.1 cm³/mol. The Morgan fingerprint density at radius 3 is 2.50 bits per heavy atom. The molecular weight excluding hydrogens is 338 g/mol. The molecule has 7 heteroatoms. The number of methoxy groups -OCH3 is 2. The minimum absolute atomic E-state index is 0.230. The lowest BCUT2D eigenvalue weighted by molar-refractivity contribution is -0.118. The summed E-state index contributed by atoms with van der Waals surface area (Å²) in [4.78, 5) is 23.9. The van der Waals surface area contributed by atoms with Crippen LogP contribution in [0.1, 0.15) is 17.3 Å². The van der Waals surface area contributed by atoms with Crippen molar-refractivity contribution in [3.8, 4) is 17.2 Å². The predicted octanol–water partition coefficient (Wildman–Crippen LogP) is 2.90. The minimum Gasteiger partial charge on any atom is -0.497 e. The van der Waals surface area contributed by atoms with Gasteiger partial charge in [-0.1, -0.05) is 6.07 Å². The zero-order valence-corrected chi connectivity index (χ0v) is 14.9. The number of carbonyl (C=O) groups is 2. The summed E-state index contributed by atoms with van der Waals surface area (Å²) >= 11 is 0. The summed E-state index contributed by atoms with van der Waals surface area (Å²) in [7, 11) is 3.04. The van der Waals surface area contributed by atoms with Crippen molar-refractivity contribution < 1.29 is 28.5 Å². The molecule has 0 aromatic heterocycles. The summed E-state index contributed by atoms with van der Waals surface area (Å²) in [5.74, 6) is 0.664. The number of carbonyl (C=O) groups excluding carboxylic acids is 2. The fraction of sp³-hybridized carbons (Fsp3) is 0.263. The van der Waals surface area contributed by atoms with E-state index in [0.717, 1.165) is 0 Å². The SMILES string of the molecule is CCOC(=O)c1cccc(OCC(=O)Nc2cc(OC)ccc2OC)c1. The van der Waals surface area contributed by atoms with E-state index in [-0.39, 0.29) is 19.1 Å². The maximum Gasteiger partial charge on any atom is 0.338 e. The average molecular weight is 359 g/mol.